The lowest BCUT2D eigenvalue weighted by Gasteiger charge is -2.17. The lowest BCUT2D eigenvalue weighted by atomic mass is 10.3. The van der Waals surface area contributed by atoms with Gasteiger partial charge in [0.2, 0.25) is 0 Å². The fourth-order valence-electron chi connectivity index (χ4n) is 0.658. The van der Waals surface area contributed by atoms with E-state index in [9.17, 15) is 9.70 Å². The van der Waals surface area contributed by atoms with Crippen molar-refractivity contribution in [2.24, 2.45) is 5.29 Å². The molecule has 0 radical (unpaired) electrons. The van der Waals surface area contributed by atoms with Gasteiger partial charge in [0.25, 0.3) is 0 Å². The summed E-state index contributed by atoms with van der Waals surface area (Å²) in [5.41, 5.74) is 0. The van der Waals surface area contributed by atoms with E-state index in [4.69, 9.17) is 21.8 Å². The summed E-state index contributed by atoms with van der Waals surface area (Å²) in [5.74, 6) is 0.0715. The Bertz CT molecular complexity index is 188. The van der Waals surface area contributed by atoms with Gasteiger partial charge >= 0.3 is 6.03 Å². The number of nitrogens with one attached hydrogen (secondary N) is 1. The molecule has 0 aromatic rings. The van der Waals surface area contributed by atoms with Gasteiger partial charge in [-0.25, -0.2) is 4.79 Å². The number of nitroso groups, excluding NO2 is 1. The smallest absolute Gasteiger partial charge is 0.340 e. The van der Waals surface area contributed by atoms with Crippen LogP contribution in [0.1, 0.15) is 0 Å². The van der Waals surface area contributed by atoms with Crippen LogP contribution in [0.2, 0.25) is 0 Å². The van der Waals surface area contributed by atoms with E-state index in [0.29, 0.717) is 5.01 Å². The number of hydrogen-bond donors (Lipinski definition) is 3. The van der Waals surface area contributed by atoms with E-state index in [1.54, 1.807) is 0 Å². The summed E-state index contributed by atoms with van der Waals surface area (Å²) in [6.45, 7) is -0.869. The number of aliphatic hydroxyl groups excluding tert-OH is 2. The van der Waals surface area contributed by atoms with E-state index in [-0.39, 0.29) is 12.4 Å². The molecule has 3 N–H and O–H groups in total. The first kappa shape index (κ1) is 13.1. The minimum Gasteiger partial charge on any atom is -0.394 e. The third-order valence-corrected chi connectivity index (χ3v) is 1.57. The van der Waals surface area contributed by atoms with Crippen LogP contribution < -0.4 is 5.32 Å². The maximum atomic E-state index is 11.1. The van der Waals surface area contributed by atoms with Crippen LogP contribution in [-0.2, 0) is 0 Å². The standard InChI is InChI=1S/C6H12ClN3O4/c7-1-2-10(9-14)6(13)8-5(3-11)4-12/h5,11-12H,1-4H2,(H,8,13). The largest absolute Gasteiger partial charge is 0.394 e. The predicted molar refractivity (Wildman–Crippen MR) is 49.7 cm³/mol. The van der Waals surface area contributed by atoms with Crippen molar-refractivity contribution in [3.63, 3.8) is 0 Å². The molecule has 0 heterocycles. The van der Waals surface area contributed by atoms with Crippen molar-refractivity contribution in [2.45, 2.75) is 6.04 Å². The number of nitrogens with zero attached hydrogens (tertiary/aromatic N) is 2. The van der Waals surface area contributed by atoms with Crippen molar-refractivity contribution in [2.75, 3.05) is 25.6 Å². The van der Waals surface area contributed by atoms with Gasteiger partial charge in [0.1, 0.15) is 0 Å². The van der Waals surface area contributed by atoms with E-state index in [1.807, 2.05) is 0 Å². The van der Waals surface area contributed by atoms with Gasteiger partial charge in [-0.2, -0.15) is 5.01 Å². The summed E-state index contributed by atoms with van der Waals surface area (Å²) in [6, 6.07) is -1.60. The minimum atomic E-state index is -0.804. The maximum Gasteiger partial charge on any atom is 0.340 e. The Kier molecular flexibility index (Phi) is 6.99. The number of aliphatic hydroxyl groups is 2. The van der Waals surface area contributed by atoms with Gasteiger partial charge in [-0.05, 0) is 0 Å². The molecular formula is C6H12ClN3O4. The average molecular weight is 226 g/mol. The van der Waals surface area contributed by atoms with Crippen LogP contribution in [0.5, 0.6) is 0 Å². The number of halogens is 1. The van der Waals surface area contributed by atoms with E-state index in [2.05, 4.69) is 10.6 Å². The molecule has 0 fully saturated rings. The zero-order valence-electron chi connectivity index (χ0n) is 7.39. The molecule has 2 amide bonds. The SMILES string of the molecule is O=NN(CCCl)C(=O)NC(CO)CO. The van der Waals surface area contributed by atoms with Crippen LogP contribution in [0, 0.1) is 4.91 Å². The molecule has 0 saturated heterocycles. The average Bonchev–Trinajstić information content (AvgIpc) is 2.22. The summed E-state index contributed by atoms with van der Waals surface area (Å²) in [6.07, 6.45) is 0. The highest BCUT2D eigenvalue weighted by atomic mass is 35.5. The van der Waals surface area contributed by atoms with Crippen LogP contribution in [0.25, 0.3) is 0 Å². The number of rotatable bonds is 6. The topological polar surface area (TPSA) is 102 Å². The summed E-state index contributed by atoms with van der Waals surface area (Å²) in [7, 11) is 0. The van der Waals surface area contributed by atoms with Crippen molar-refractivity contribution in [1.82, 2.24) is 10.3 Å². The van der Waals surface area contributed by atoms with Crippen LogP contribution >= 0.6 is 11.6 Å². The van der Waals surface area contributed by atoms with Crippen LogP contribution in [0.4, 0.5) is 4.79 Å². The van der Waals surface area contributed by atoms with Gasteiger partial charge in [0, 0.05) is 5.88 Å². The van der Waals surface area contributed by atoms with E-state index >= 15 is 0 Å². The fourth-order valence-corrected chi connectivity index (χ4v) is 0.818. The fraction of sp³-hybridized carbons (Fsp3) is 0.833. The predicted octanol–water partition coefficient (Wildman–Crippen LogP) is -0.729. The first-order valence-corrected chi connectivity index (χ1v) is 4.42. The van der Waals surface area contributed by atoms with Crippen molar-refractivity contribution < 1.29 is 15.0 Å². The molecule has 0 spiro atoms. The molecule has 0 aromatic carbocycles. The second kappa shape index (κ2) is 7.48. The van der Waals surface area contributed by atoms with Crippen LogP contribution in [-0.4, -0.2) is 52.9 Å². The molecule has 0 aromatic heterocycles. The molecule has 0 atom stereocenters. The Morgan fingerprint density at radius 1 is 1.50 bits per heavy atom. The second-order valence-electron chi connectivity index (χ2n) is 2.41. The second-order valence-corrected chi connectivity index (χ2v) is 2.78. The summed E-state index contributed by atoms with van der Waals surface area (Å²) >= 11 is 5.30. The highest BCUT2D eigenvalue weighted by molar-refractivity contribution is 6.18. The van der Waals surface area contributed by atoms with E-state index in [0.717, 1.165) is 0 Å². The normalized spacial score (nSPS) is 10.0. The molecule has 0 unspecified atom stereocenters. The third kappa shape index (κ3) is 4.35. The van der Waals surface area contributed by atoms with Crippen molar-refractivity contribution in [3.8, 4) is 0 Å². The third-order valence-electron chi connectivity index (χ3n) is 1.40. The Balaban J connectivity index is 4.08. The Hall–Kier alpha value is -0.920. The van der Waals surface area contributed by atoms with Crippen molar-refractivity contribution >= 4 is 17.6 Å². The van der Waals surface area contributed by atoms with Crippen LogP contribution in [0.3, 0.4) is 0 Å². The molecule has 0 saturated carbocycles. The molecule has 0 aliphatic heterocycles. The molecule has 0 aliphatic carbocycles. The number of carbonyl (C=O) groups excluding carboxylic acids is 1. The lowest BCUT2D eigenvalue weighted by Crippen LogP contribution is -2.46. The molecule has 82 valence electrons. The van der Waals surface area contributed by atoms with Gasteiger partial charge in [-0.15, -0.1) is 16.5 Å². The zero-order valence-corrected chi connectivity index (χ0v) is 8.15. The van der Waals surface area contributed by atoms with E-state index < -0.39 is 25.3 Å². The molecule has 0 rings (SSSR count). The van der Waals surface area contributed by atoms with Gasteiger partial charge in [-0.3, -0.25) is 0 Å². The monoisotopic (exact) mass is 225 g/mol. The summed E-state index contributed by atoms with van der Waals surface area (Å²) < 4.78 is 0. The highest BCUT2D eigenvalue weighted by Crippen LogP contribution is 1.93. The van der Waals surface area contributed by atoms with Gasteiger partial charge < -0.3 is 15.5 Å². The number of urea groups is 1. The number of hydrogen-bond acceptors (Lipinski definition) is 5. The van der Waals surface area contributed by atoms with Crippen molar-refractivity contribution in [3.05, 3.63) is 4.91 Å². The van der Waals surface area contributed by atoms with Gasteiger partial charge in [-0.1, -0.05) is 0 Å². The molecule has 8 heteroatoms. The Morgan fingerprint density at radius 3 is 2.43 bits per heavy atom. The number of alkyl halides is 1. The molecular weight excluding hydrogens is 214 g/mol. The first-order valence-electron chi connectivity index (χ1n) is 3.88. The quantitative estimate of drug-likeness (QED) is 0.315. The zero-order chi connectivity index (χ0) is 11.0. The Labute approximate surface area is 85.6 Å². The van der Waals surface area contributed by atoms with Crippen molar-refractivity contribution in [1.29, 1.82) is 0 Å². The molecule has 7 nitrogen and oxygen atoms in total. The van der Waals surface area contributed by atoms with Gasteiger partial charge in [0.15, 0.2) is 0 Å². The molecule has 0 aliphatic rings. The number of amides is 2. The lowest BCUT2D eigenvalue weighted by molar-refractivity contribution is 0.155. The van der Waals surface area contributed by atoms with E-state index in [1.165, 1.54) is 0 Å². The summed E-state index contributed by atoms with van der Waals surface area (Å²) in [5, 5.41) is 22.4. The van der Waals surface area contributed by atoms with Crippen LogP contribution in [0.15, 0.2) is 5.29 Å². The summed E-state index contributed by atoms with van der Waals surface area (Å²) in [4.78, 5) is 21.3. The highest BCUT2D eigenvalue weighted by Gasteiger charge is 2.16. The maximum absolute atomic E-state index is 11.1. The molecule has 0 bridgehead atoms. The molecule has 14 heavy (non-hydrogen) atoms. The minimum absolute atomic E-state index is 0.0273. The first-order chi connectivity index (χ1) is 6.69. The number of carbonyl (C=O) groups is 1. The Morgan fingerprint density at radius 2 is 2.07 bits per heavy atom. The van der Waals surface area contributed by atoms with Gasteiger partial charge in [0.05, 0.1) is 31.1 Å².